The number of benzene rings is 2. The van der Waals surface area contributed by atoms with Crippen molar-refractivity contribution in [2.24, 2.45) is 0 Å². The van der Waals surface area contributed by atoms with E-state index in [2.05, 4.69) is 9.71 Å². The summed E-state index contributed by atoms with van der Waals surface area (Å²) in [4.78, 5) is 3.65. The number of halogens is 5. The summed E-state index contributed by atoms with van der Waals surface area (Å²) in [5.41, 5.74) is -0.847. The minimum Gasteiger partial charge on any atom is -0.437 e. The Kier molecular flexibility index (Phi) is 5.92. The van der Waals surface area contributed by atoms with Crippen LogP contribution in [0.1, 0.15) is 5.56 Å². The zero-order chi connectivity index (χ0) is 21.2. The number of sulfonamides is 1. The molecule has 0 saturated carbocycles. The van der Waals surface area contributed by atoms with Crippen LogP contribution in [0.4, 0.5) is 18.9 Å². The molecule has 3 rings (SSSR count). The minimum atomic E-state index is -4.55. The zero-order valence-electron chi connectivity index (χ0n) is 14.2. The summed E-state index contributed by atoms with van der Waals surface area (Å²) in [5, 5.41) is 0.703. The molecule has 1 N–H and O–H groups in total. The lowest BCUT2D eigenvalue weighted by atomic mass is 10.2. The van der Waals surface area contributed by atoms with Crippen molar-refractivity contribution in [1.29, 1.82) is 0 Å². The molecule has 2 aromatic carbocycles. The van der Waals surface area contributed by atoms with E-state index in [-0.39, 0.29) is 21.5 Å². The number of nitrogens with one attached hydrogen (secondary N) is 1. The molecule has 5 nitrogen and oxygen atoms in total. The van der Waals surface area contributed by atoms with Crippen LogP contribution in [0.15, 0.2) is 65.7 Å². The monoisotopic (exact) mass is 462 g/mol. The van der Waals surface area contributed by atoms with E-state index in [0.717, 1.165) is 12.1 Å². The lowest BCUT2D eigenvalue weighted by Crippen LogP contribution is -2.14. The van der Waals surface area contributed by atoms with Gasteiger partial charge in [0.25, 0.3) is 10.0 Å². The molecule has 0 saturated heterocycles. The SMILES string of the molecule is O=S(=O)(Nc1ccc(Oc2ccc(Cl)cc2Cl)nc1)c1ccc(C(F)(F)F)cc1. The van der Waals surface area contributed by atoms with Gasteiger partial charge in [0.05, 0.1) is 27.4 Å². The van der Waals surface area contributed by atoms with Crippen LogP contribution in [0, 0.1) is 0 Å². The van der Waals surface area contributed by atoms with Crippen LogP contribution in [0.25, 0.3) is 0 Å². The first-order valence-corrected chi connectivity index (χ1v) is 10.1. The number of nitrogens with zero attached hydrogens (tertiary/aromatic N) is 1. The van der Waals surface area contributed by atoms with Gasteiger partial charge in [0.1, 0.15) is 5.75 Å². The maximum Gasteiger partial charge on any atom is 0.416 e. The third kappa shape index (κ3) is 5.31. The topological polar surface area (TPSA) is 68.3 Å². The Balaban J connectivity index is 1.73. The third-order valence-corrected chi connectivity index (χ3v) is 5.52. The van der Waals surface area contributed by atoms with Crippen LogP contribution < -0.4 is 9.46 Å². The van der Waals surface area contributed by atoms with Crippen molar-refractivity contribution < 1.29 is 26.3 Å². The highest BCUT2D eigenvalue weighted by atomic mass is 35.5. The van der Waals surface area contributed by atoms with Crippen LogP contribution in [-0.2, 0) is 16.2 Å². The quantitative estimate of drug-likeness (QED) is 0.504. The summed E-state index contributed by atoms with van der Waals surface area (Å²) in [7, 11) is -4.09. The highest BCUT2D eigenvalue weighted by Crippen LogP contribution is 2.32. The molecule has 0 radical (unpaired) electrons. The average molecular weight is 463 g/mol. The molecule has 0 aliphatic heterocycles. The van der Waals surface area contributed by atoms with Crippen molar-refractivity contribution in [3.63, 3.8) is 0 Å². The minimum absolute atomic E-state index is 0.0967. The molecule has 0 amide bonds. The lowest BCUT2D eigenvalue weighted by Gasteiger charge is -2.11. The second-order valence-electron chi connectivity index (χ2n) is 5.69. The summed E-state index contributed by atoms with van der Waals surface area (Å²) in [6.45, 7) is 0. The highest BCUT2D eigenvalue weighted by molar-refractivity contribution is 7.92. The number of alkyl halides is 3. The standard InChI is InChI=1S/C18H11Cl2F3N2O3S/c19-12-3-7-16(15(20)9-12)28-17-8-4-13(10-24-17)25-29(26,27)14-5-1-11(2-6-14)18(21,22)23/h1-10,25H. The first-order chi connectivity index (χ1) is 13.5. The summed E-state index contributed by atoms with van der Waals surface area (Å²) in [6, 6.07) is 10.5. The number of pyridine rings is 1. The molecule has 29 heavy (non-hydrogen) atoms. The molecule has 3 aromatic rings. The molecule has 11 heteroatoms. The molecule has 0 fully saturated rings. The number of hydrogen-bond donors (Lipinski definition) is 1. The number of ether oxygens (including phenoxy) is 1. The van der Waals surface area contributed by atoms with Gasteiger partial charge in [0.2, 0.25) is 5.88 Å². The zero-order valence-corrected chi connectivity index (χ0v) is 16.6. The van der Waals surface area contributed by atoms with Gasteiger partial charge >= 0.3 is 6.18 Å². The van der Waals surface area contributed by atoms with Crippen molar-refractivity contribution in [3.8, 4) is 11.6 Å². The maximum absolute atomic E-state index is 12.6. The molecule has 0 unspecified atom stereocenters. The van der Waals surface area contributed by atoms with Crippen molar-refractivity contribution in [3.05, 3.63) is 76.4 Å². The second kappa shape index (κ2) is 8.10. The van der Waals surface area contributed by atoms with Crippen molar-refractivity contribution in [2.45, 2.75) is 11.1 Å². The largest absolute Gasteiger partial charge is 0.437 e. The lowest BCUT2D eigenvalue weighted by molar-refractivity contribution is -0.137. The Morgan fingerprint density at radius 1 is 0.966 bits per heavy atom. The summed E-state index contributed by atoms with van der Waals surface area (Å²) >= 11 is 11.8. The number of hydrogen-bond acceptors (Lipinski definition) is 4. The first-order valence-electron chi connectivity index (χ1n) is 7.84. The van der Waals surface area contributed by atoms with Crippen molar-refractivity contribution in [1.82, 2.24) is 4.98 Å². The van der Waals surface area contributed by atoms with Crippen LogP contribution in [0.3, 0.4) is 0 Å². The van der Waals surface area contributed by atoms with Crippen LogP contribution in [0.5, 0.6) is 11.6 Å². The Hall–Kier alpha value is -2.49. The molecule has 152 valence electrons. The van der Waals surface area contributed by atoms with E-state index in [1.165, 1.54) is 24.4 Å². The van der Waals surface area contributed by atoms with Crippen molar-refractivity contribution in [2.75, 3.05) is 4.72 Å². The van der Waals surface area contributed by atoms with Gasteiger partial charge in [-0.15, -0.1) is 0 Å². The molecule has 0 aliphatic carbocycles. The summed E-state index contributed by atoms with van der Waals surface area (Å²) in [5.74, 6) is 0.452. The third-order valence-electron chi connectivity index (χ3n) is 3.59. The van der Waals surface area contributed by atoms with Crippen LogP contribution in [0.2, 0.25) is 10.0 Å². The molecule has 1 heterocycles. The first kappa shape index (κ1) is 21.2. The number of anilines is 1. The molecule has 0 spiro atoms. The van der Waals surface area contributed by atoms with E-state index in [1.807, 2.05) is 0 Å². The average Bonchev–Trinajstić information content (AvgIpc) is 2.65. The predicted octanol–water partition coefficient (Wildman–Crippen LogP) is 6.00. The summed E-state index contributed by atoms with van der Waals surface area (Å²) in [6.07, 6.45) is -3.36. The Bertz CT molecular complexity index is 1120. The molecular formula is C18H11Cl2F3N2O3S. The van der Waals surface area contributed by atoms with Gasteiger partial charge in [0.15, 0.2) is 0 Å². The molecule has 0 aliphatic rings. The molecular weight excluding hydrogens is 452 g/mol. The maximum atomic E-state index is 12.6. The van der Waals surface area contributed by atoms with E-state index in [9.17, 15) is 21.6 Å². The Labute approximate surface area is 174 Å². The van der Waals surface area contributed by atoms with Gasteiger partial charge in [-0.25, -0.2) is 13.4 Å². The smallest absolute Gasteiger partial charge is 0.416 e. The number of rotatable bonds is 5. The van der Waals surface area contributed by atoms with E-state index >= 15 is 0 Å². The van der Waals surface area contributed by atoms with E-state index in [1.54, 1.807) is 12.1 Å². The molecule has 0 bridgehead atoms. The van der Waals surface area contributed by atoms with E-state index in [4.69, 9.17) is 27.9 Å². The van der Waals surface area contributed by atoms with Crippen LogP contribution in [-0.4, -0.2) is 13.4 Å². The normalized spacial score (nSPS) is 11.9. The predicted molar refractivity (Wildman–Crippen MR) is 103 cm³/mol. The second-order valence-corrected chi connectivity index (χ2v) is 8.22. The fourth-order valence-corrected chi connectivity index (χ4v) is 3.70. The fourth-order valence-electron chi connectivity index (χ4n) is 2.21. The molecule has 0 atom stereocenters. The van der Waals surface area contributed by atoms with Gasteiger partial charge < -0.3 is 4.74 Å². The van der Waals surface area contributed by atoms with Gasteiger partial charge in [0, 0.05) is 11.1 Å². The van der Waals surface area contributed by atoms with Crippen LogP contribution >= 0.6 is 23.2 Å². The highest BCUT2D eigenvalue weighted by Gasteiger charge is 2.30. The van der Waals surface area contributed by atoms with Gasteiger partial charge in [-0.1, -0.05) is 23.2 Å². The van der Waals surface area contributed by atoms with E-state index < -0.39 is 21.8 Å². The molecule has 1 aromatic heterocycles. The fraction of sp³-hybridized carbons (Fsp3) is 0.0556. The van der Waals surface area contributed by atoms with Crippen molar-refractivity contribution >= 4 is 38.9 Å². The van der Waals surface area contributed by atoms with Gasteiger partial charge in [-0.05, 0) is 48.5 Å². The Morgan fingerprint density at radius 2 is 1.66 bits per heavy atom. The number of aromatic nitrogens is 1. The van der Waals surface area contributed by atoms with E-state index in [0.29, 0.717) is 22.9 Å². The van der Waals surface area contributed by atoms with Gasteiger partial charge in [-0.3, -0.25) is 4.72 Å². The van der Waals surface area contributed by atoms with Gasteiger partial charge in [-0.2, -0.15) is 13.2 Å². The Morgan fingerprint density at radius 3 is 2.21 bits per heavy atom. The summed E-state index contributed by atoms with van der Waals surface area (Å²) < 4.78 is 70.2.